The minimum Gasteiger partial charge on any atom is -0.741 e. The molecule has 0 radical (unpaired) electrons. The van der Waals surface area contributed by atoms with Gasteiger partial charge in [-0.2, -0.15) is 13.2 Å². The Morgan fingerprint density at radius 3 is 1.75 bits per heavy atom. The Balaban J connectivity index is 0.000000503. The molecule has 1 aliphatic heterocycles. The lowest BCUT2D eigenvalue weighted by molar-refractivity contribution is -0.0517. The maximum absolute atomic E-state index is 10.7. The van der Waals surface area contributed by atoms with Gasteiger partial charge in [0.05, 0.1) is 5.52 Å². The summed E-state index contributed by atoms with van der Waals surface area (Å²) in [4.78, 5) is 14.6. The summed E-state index contributed by atoms with van der Waals surface area (Å²) < 4.78 is 58.9. The molecule has 7 rings (SSSR count). The maximum atomic E-state index is 10.7. The largest absolute Gasteiger partial charge is 0.741 e. The SMILES string of the molecule is Cc1cc(N2CCN(Cc3cnccc3[P+](c3ccccc3)(c3ccccc3)c3ccccc3)CC2)c2ccccc2n1.O=S(=O)([O-])C(F)(F)F. The molecular weight excluding hydrogens is 692 g/mol. The fourth-order valence-electron chi connectivity index (χ4n) is 6.62. The van der Waals surface area contributed by atoms with Crippen LogP contribution in [0.25, 0.3) is 10.9 Å². The van der Waals surface area contributed by atoms with E-state index in [0.29, 0.717) is 0 Å². The standard InChI is InChI=1S/C38H36N4P.CHF3O3S/c1-30-27-37(35-19-11-12-20-36(35)40-30)42-25-23-41(24-26-42)29-31-28-39-22-21-38(31)43(32-13-5-2-6-14-32,33-15-7-3-8-16-33)34-17-9-4-10-18-34;2-1(3,4)8(5,6)7/h2-22,27-28H,23-26,29H2,1H3;(H,5,6,7)/q+1;/p-1. The zero-order chi connectivity index (χ0) is 36.1. The molecule has 2 aromatic heterocycles. The van der Waals surface area contributed by atoms with Crippen LogP contribution < -0.4 is 26.1 Å². The second kappa shape index (κ2) is 15.3. The molecule has 6 aromatic rings. The highest BCUT2D eigenvalue weighted by Crippen LogP contribution is 2.55. The summed E-state index contributed by atoms with van der Waals surface area (Å²) >= 11 is 0. The van der Waals surface area contributed by atoms with Gasteiger partial charge in [-0.05, 0) is 55.5 Å². The quantitative estimate of drug-likeness (QED) is 0.114. The van der Waals surface area contributed by atoms with Crippen LogP contribution in [0, 0.1) is 6.92 Å². The average Bonchev–Trinajstić information content (AvgIpc) is 3.13. The zero-order valence-corrected chi connectivity index (χ0v) is 29.5. The van der Waals surface area contributed by atoms with Crippen molar-refractivity contribution in [1.29, 1.82) is 0 Å². The summed E-state index contributed by atoms with van der Waals surface area (Å²) in [7, 11) is -8.28. The normalized spacial score (nSPS) is 14.2. The molecule has 0 unspecified atom stereocenters. The second-order valence-electron chi connectivity index (χ2n) is 12.1. The number of piperazine rings is 1. The topological polar surface area (TPSA) is 89.5 Å². The number of fused-ring (bicyclic) bond motifs is 1. The second-order valence-corrected chi connectivity index (χ2v) is 16.9. The van der Waals surface area contributed by atoms with E-state index in [0.717, 1.165) is 43.9 Å². The van der Waals surface area contributed by atoms with Crippen molar-refractivity contribution in [2.24, 2.45) is 0 Å². The maximum Gasteiger partial charge on any atom is 0.485 e. The van der Waals surface area contributed by atoms with Crippen molar-refractivity contribution in [2.45, 2.75) is 19.0 Å². The highest BCUT2D eigenvalue weighted by Gasteiger charge is 2.49. The van der Waals surface area contributed by atoms with E-state index in [1.54, 1.807) is 0 Å². The van der Waals surface area contributed by atoms with Crippen molar-refractivity contribution in [2.75, 3.05) is 31.1 Å². The van der Waals surface area contributed by atoms with Crippen molar-refractivity contribution in [3.63, 3.8) is 0 Å². The summed E-state index contributed by atoms with van der Waals surface area (Å²) in [6.07, 6.45) is 4.10. The van der Waals surface area contributed by atoms with E-state index in [4.69, 9.17) is 18.0 Å². The predicted octanol–water partition coefficient (Wildman–Crippen LogP) is 5.93. The number of rotatable bonds is 7. The van der Waals surface area contributed by atoms with Crippen LogP contribution in [-0.2, 0) is 16.7 Å². The molecule has 0 bridgehead atoms. The fraction of sp³-hybridized carbons (Fsp3) is 0.179. The predicted molar refractivity (Wildman–Crippen MR) is 199 cm³/mol. The Labute approximate surface area is 296 Å². The van der Waals surface area contributed by atoms with Crippen LogP contribution >= 0.6 is 7.26 Å². The zero-order valence-electron chi connectivity index (χ0n) is 27.8. The molecule has 0 amide bonds. The first kappa shape index (κ1) is 36.1. The van der Waals surface area contributed by atoms with Gasteiger partial charge in [-0.15, -0.1) is 0 Å². The minimum absolute atomic E-state index is 0.876. The molecule has 0 saturated carbocycles. The Bertz CT molecular complexity index is 2090. The van der Waals surface area contributed by atoms with Gasteiger partial charge in [-0.25, -0.2) is 8.42 Å². The fourth-order valence-corrected chi connectivity index (χ4v) is 11.1. The highest BCUT2D eigenvalue weighted by molar-refractivity contribution is 8.01. The van der Waals surface area contributed by atoms with Crippen LogP contribution in [0.4, 0.5) is 18.9 Å². The molecule has 1 fully saturated rings. The molecule has 0 N–H and O–H groups in total. The monoisotopic (exact) mass is 728 g/mol. The lowest BCUT2D eigenvalue weighted by Gasteiger charge is -2.37. The first-order valence-corrected chi connectivity index (χ1v) is 19.5. The number of aromatic nitrogens is 2. The molecule has 262 valence electrons. The molecule has 0 spiro atoms. The molecule has 0 atom stereocenters. The molecule has 3 heterocycles. The number of alkyl halides is 3. The lowest BCUT2D eigenvalue weighted by Crippen LogP contribution is -2.47. The van der Waals surface area contributed by atoms with Gasteiger partial charge in [0.25, 0.3) is 0 Å². The third-order valence-corrected chi connectivity index (χ3v) is 13.8. The summed E-state index contributed by atoms with van der Waals surface area (Å²) in [5.41, 5.74) is -0.896. The summed E-state index contributed by atoms with van der Waals surface area (Å²) in [6.45, 7) is 6.94. The van der Waals surface area contributed by atoms with Crippen molar-refractivity contribution in [1.82, 2.24) is 14.9 Å². The molecule has 0 aliphatic carbocycles. The Kier molecular flexibility index (Phi) is 10.8. The molecule has 12 heteroatoms. The average molecular weight is 729 g/mol. The minimum atomic E-state index is -6.09. The van der Waals surface area contributed by atoms with E-state index in [1.165, 1.54) is 37.9 Å². The number of pyridine rings is 2. The molecule has 1 aliphatic rings. The number of aryl methyl sites for hydroxylation is 1. The third kappa shape index (κ3) is 7.82. The molecular formula is C39H36F3N4O3PS. The van der Waals surface area contributed by atoms with Crippen LogP contribution in [0.15, 0.2) is 140 Å². The molecule has 1 saturated heterocycles. The van der Waals surface area contributed by atoms with Gasteiger partial charge < -0.3 is 9.45 Å². The van der Waals surface area contributed by atoms with E-state index >= 15 is 0 Å². The van der Waals surface area contributed by atoms with Gasteiger partial charge in [0.2, 0.25) is 0 Å². The number of benzene rings is 4. The van der Waals surface area contributed by atoms with Crippen LogP contribution in [-0.4, -0.2) is 59.5 Å². The highest BCUT2D eigenvalue weighted by atomic mass is 32.2. The number of hydrogen-bond acceptors (Lipinski definition) is 7. The number of nitrogens with zero attached hydrogens (tertiary/aromatic N) is 4. The summed E-state index contributed by atoms with van der Waals surface area (Å²) in [5.74, 6) is 0. The first-order valence-electron chi connectivity index (χ1n) is 16.3. The number of hydrogen-bond donors (Lipinski definition) is 0. The molecule has 7 nitrogen and oxygen atoms in total. The lowest BCUT2D eigenvalue weighted by atomic mass is 10.1. The van der Waals surface area contributed by atoms with Crippen LogP contribution in [0.5, 0.6) is 0 Å². The Morgan fingerprint density at radius 1 is 0.745 bits per heavy atom. The van der Waals surface area contributed by atoms with Gasteiger partial charge in [-0.1, -0.05) is 72.8 Å². The van der Waals surface area contributed by atoms with Crippen molar-refractivity contribution in [3.8, 4) is 0 Å². The van der Waals surface area contributed by atoms with Gasteiger partial charge in [0, 0.05) is 73.5 Å². The van der Waals surface area contributed by atoms with E-state index in [9.17, 15) is 13.2 Å². The van der Waals surface area contributed by atoms with Crippen LogP contribution in [0.1, 0.15) is 11.3 Å². The van der Waals surface area contributed by atoms with Gasteiger partial charge in [-0.3, -0.25) is 14.9 Å². The first-order chi connectivity index (χ1) is 24.5. The summed E-state index contributed by atoms with van der Waals surface area (Å²) in [6, 6.07) is 46.4. The van der Waals surface area contributed by atoms with Crippen LogP contribution in [0.3, 0.4) is 0 Å². The van der Waals surface area contributed by atoms with Crippen molar-refractivity contribution in [3.05, 3.63) is 151 Å². The smallest absolute Gasteiger partial charge is 0.485 e. The number of para-hydroxylation sites is 1. The molecule has 51 heavy (non-hydrogen) atoms. The van der Waals surface area contributed by atoms with E-state index in [2.05, 4.69) is 155 Å². The van der Waals surface area contributed by atoms with Crippen LogP contribution in [0.2, 0.25) is 0 Å². The number of halogens is 3. The Morgan fingerprint density at radius 2 is 1.24 bits per heavy atom. The Hall–Kier alpha value is -4.67. The van der Waals surface area contributed by atoms with E-state index in [1.807, 2.05) is 6.20 Å². The summed E-state index contributed by atoms with van der Waals surface area (Å²) in [5, 5.41) is 6.72. The third-order valence-electron chi connectivity index (χ3n) is 8.88. The van der Waals surface area contributed by atoms with Gasteiger partial charge in [0.1, 0.15) is 28.5 Å². The van der Waals surface area contributed by atoms with Crippen molar-refractivity contribution >= 4 is 55.2 Å². The van der Waals surface area contributed by atoms with Gasteiger partial charge in [0.15, 0.2) is 10.1 Å². The number of anilines is 1. The van der Waals surface area contributed by atoms with Crippen molar-refractivity contribution < 1.29 is 26.1 Å². The van der Waals surface area contributed by atoms with Gasteiger partial charge >= 0.3 is 5.51 Å². The molecule has 4 aromatic carbocycles. The van der Waals surface area contributed by atoms with E-state index in [-0.39, 0.29) is 0 Å². The van der Waals surface area contributed by atoms with E-state index < -0.39 is 22.9 Å².